The number of halogens is 1. The van der Waals surface area contributed by atoms with E-state index >= 15 is 0 Å². The van der Waals surface area contributed by atoms with E-state index in [0.29, 0.717) is 27.5 Å². The van der Waals surface area contributed by atoms with Crippen molar-refractivity contribution in [3.8, 4) is 5.75 Å². The van der Waals surface area contributed by atoms with Gasteiger partial charge in [0.25, 0.3) is 0 Å². The molecule has 27 heavy (non-hydrogen) atoms. The van der Waals surface area contributed by atoms with Gasteiger partial charge in [0, 0.05) is 16.1 Å². The second kappa shape index (κ2) is 9.11. The molecule has 0 saturated heterocycles. The van der Waals surface area contributed by atoms with Crippen LogP contribution in [0.1, 0.15) is 16.1 Å². The maximum Gasteiger partial charge on any atom is 0.247 e. The number of nitrogens with two attached hydrogens (primary N) is 1. The zero-order chi connectivity index (χ0) is 19.1. The first kappa shape index (κ1) is 18.8. The number of nitrogens with one attached hydrogen (secondary N) is 1. The number of aromatic nitrogens is 2. The highest BCUT2D eigenvalue weighted by Gasteiger charge is 2.08. The molecular formula is C18H16ClN5O2S. The van der Waals surface area contributed by atoms with E-state index in [9.17, 15) is 4.79 Å². The minimum atomic E-state index is -0.308. The van der Waals surface area contributed by atoms with Gasteiger partial charge in [-0.25, -0.2) is 5.43 Å². The Bertz CT molecular complexity index is 960. The number of benzene rings is 2. The van der Waals surface area contributed by atoms with Crippen molar-refractivity contribution in [3.05, 3.63) is 69.7 Å². The van der Waals surface area contributed by atoms with Gasteiger partial charge in [0.05, 0.1) is 12.6 Å². The molecule has 0 unspecified atom stereocenters. The fraction of sp³-hybridized carbons (Fsp3) is 0.111. The zero-order valence-electron chi connectivity index (χ0n) is 14.1. The first-order valence-corrected chi connectivity index (χ1v) is 9.16. The summed E-state index contributed by atoms with van der Waals surface area (Å²) in [5.41, 5.74) is 9.55. The van der Waals surface area contributed by atoms with Gasteiger partial charge in [-0.1, -0.05) is 53.3 Å². The Morgan fingerprint density at radius 2 is 2.00 bits per heavy atom. The third-order valence-corrected chi connectivity index (χ3v) is 4.57. The summed E-state index contributed by atoms with van der Waals surface area (Å²) in [5.74, 6) is 0.323. The van der Waals surface area contributed by atoms with Crippen molar-refractivity contribution in [1.29, 1.82) is 0 Å². The van der Waals surface area contributed by atoms with Crippen LogP contribution >= 0.6 is 22.9 Å². The highest BCUT2D eigenvalue weighted by Crippen LogP contribution is 2.21. The van der Waals surface area contributed by atoms with Gasteiger partial charge in [-0.15, -0.1) is 10.2 Å². The maximum absolute atomic E-state index is 11.9. The predicted molar refractivity (Wildman–Crippen MR) is 106 cm³/mol. The van der Waals surface area contributed by atoms with E-state index in [-0.39, 0.29) is 12.3 Å². The molecule has 138 valence electrons. The molecule has 0 radical (unpaired) electrons. The molecule has 0 atom stereocenters. The Kier molecular flexibility index (Phi) is 6.35. The molecule has 0 fully saturated rings. The number of hydrazone groups is 1. The minimum Gasteiger partial charge on any atom is -0.488 e. The van der Waals surface area contributed by atoms with Gasteiger partial charge in [-0.3, -0.25) is 4.79 Å². The molecule has 0 aliphatic carbocycles. The van der Waals surface area contributed by atoms with Gasteiger partial charge >= 0.3 is 0 Å². The summed E-state index contributed by atoms with van der Waals surface area (Å²) in [7, 11) is 0. The number of anilines is 1. The Balaban J connectivity index is 1.59. The van der Waals surface area contributed by atoms with E-state index in [1.54, 1.807) is 0 Å². The van der Waals surface area contributed by atoms with Crippen LogP contribution in [0.2, 0.25) is 5.02 Å². The molecule has 0 saturated carbocycles. The van der Waals surface area contributed by atoms with Gasteiger partial charge in [0.2, 0.25) is 11.0 Å². The van der Waals surface area contributed by atoms with E-state index in [1.165, 1.54) is 17.6 Å². The molecule has 3 aromatic rings. The molecule has 3 N–H and O–H groups in total. The Morgan fingerprint density at radius 3 is 2.78 bits per heavy atom. The molecule has 0 aliphatic heterocycles. The van der Waals surface area contributed by atoms with Gasteiger partial charge in [-0.05, 0) is 18.2 Å². The number of para-hydroxylation sites is 1. The van der Waals surface area contributed by atoms with Crippen molar-refractivity contribution in [2.24, 2.45) is 5.10 Å². The number of amides is 1. The van der Waals surface area contributed by atoms with Crippen LogP contribution in [-0.2, 0) is 17.8 Å². The number of rotatable bonds is 7. The SMILES string of the molecule is Nc1nnc(CC(=O)NN=Cc2ccccc2OCc2ccccc2Cl)s1. The van der Waals surface area contributed by atoms with E-state index in [0.717, 1.165) is 11.1 Å². The molecule has 9 heteroatoms. The summed E-state index contributed by atoms with van der Waals surface area (Å²) in [5, 5.41) is 12.9. The number of ether oxygens (including phenoxy) is 1. The molecule has 0 aliphatic rings. The topological polar surface area (TPSA) is 102 Å². The number of carbonyl (C=O) groups is 1. The van der Waals surface area contributed by atoms with Crippen LogP contribution in [-0.4, -0.2) is 22.3 Å². The summed E-state index contributed by atoms with van der Waals surface area (Å²) in [6.07, 6.45) is 1.59. The molecule has 0 bridgehead atoms. The van der Waals surface area contributed by atoms with Crippen LogP contribution in [0.3, 0.4) is 0 Å². The van der Waals surface area contributed by atoms with Crippen molar-refractivity contribution in [2.45, 2.75) is 13.0 Å². The third kappa shape index (κ3) is 5.50. The van der Waals surface area contributed by atoms with Gasteiger partial charge in [-0.2, -0.15) is 5.10 Å². The second-order valence-electron chi connectivity index (χ2n) is 5.42. The average molecular weight is 402 g/mol. The summed E-state index contributed by atoms with van der Waals surface area (Å²) in [6.45, 7) is 0.329. The van der Waals surface area contributed by atoms with Crippen molar-refractivity contribution in [3.63, 3.8) is 0 Å². The first-order valence-electron chi connectivity index (χ1n) is 7.97. The van der Waals surface area contributed by atoms with E-state index in [1.807, 2.05) is 48.5 Å². The molecule has 1 heterocycles. The summed E-state index contributed by atoms with van der Waals surface area (Å²) in [6, 6.07) is 14.9. The number of carbonyl (C=O) groups excluding carboxylic acids is 1. The van der Waals surface area contributed by atoms with Crippen LogP contribution < -0.4 is 15.9 Å². The lowest BCUT2D eigenvalue weighted by atomic mass is 10.2. The number of nitrogens with zero attached hydrogens (tertiary/aromatic N) is 3. The zero-order valence-corrected chi connectivity index (χ0v) is 15.7. The van der Waals surface area contributed by atoms with E-state index in [2.05, 4.69) is 20.7 Å². The third-order valence-electron chi connectivity index (χ3n) is 3.45. The fourth-order valence-electron chi connectivity index (χ4n) is 2.18. The van der Waals surface area contributed by atoms with E-state index in [4.69, 9.17) is 22.1 Å². The van der Waals surface area contributed by atoms with Crippen LogP contribution in [0.4, 0.5) is 5.13 Å². The van der Waals surface area contributed by atoms with Crippen LogP contribution in [0.25, 0.3) is 0 Å². The Hall–Kier alpha value is -2.97. The van der Waals surface area contributed by atoms with Crippen molar-refractivity contribution >= 4 is 40.2 Å². The lowest BCUT2D eigenvalue weighted by Crippen LogP contribution is -2.19. The van der Waals surface area contributed by atoms with Crippen LogP contribution in [0.5, 0.6) is 5.75 Å². The number of hydrogen-bond acceptors (Lipinski definition) is 7. The normalized spacial score (nSPS) is 10.9. The highest BCUT2D eigenvalue weighted by atomic mass is 35.5. The smallest absolute Gasteiger partial charge is 0.247 e. The molecule has 0 spiro atoms. The standard InChI is InChI=1S/C18H16ClN5O2S/c19-14-7-3-1-6-13(14)11-26-15-8-4-2-5-12(15)10-21-22-16(25)9-17-23-24-18(20)27-17/h1-8,10H,9,11H2,(H2,20,24)(H,22,25). The average Bonchev–Trinajstić information content (AvgIpc) is 3.06. The maximum atomic E-state index is 11.9. The molecule has 7 nitrogen and oxygen atoms in total. The Labute approximate surface area is 164 Å². The van der Waals surface area contributed by atoms with Crippen LogP contribution in [0.15, 0.2) is 53.6 Å². The first-order chi connectivity index (χ1) is 13.1. The lowest BCUT2D eigenvalue weighted by molar-refractivity contribution is -0.120. The van der Waals surface area contributed by atoms with E-state index < -0.39 is 0 Å². The molecule has 1 amide bonds. The lowest BCUT2D eigenvalue weighted by Gasteiger charge is -2.10. The molecule has 1 aromatic heterocycles. The Morgan fingerprint density at radius 1 is 1.22 bits per heavy atom. The molecule has 2 aromatic carbocycles. The molecular weight excluding hydrogens is 386 g/mol. The van der Waals surface area contributed by atoms with Crippen molar-refractivity contribution in [2.75, 3.05) is 5.73 Å². The van der Waals surface area contributed by atoms with Crippen molar-refractivity contribution in [1.82, 2.24) is 15.6 Å². The van der Waals surface area contributed by atoms with Crippen molar-refractivity contribution < 1.29 is 9.53 Å². The van der Waals surface area contributed by atoms with Gasteiger partial charge in [0.1, 0.15) is 17.4 Å². The monoisotopic (exact) mass is 401 g/mol. The minimum absolute atomic E-state index is 0.0663. The predicted octanol–water partition coefficient (Wildman–Crippen LogP) is 3.05. The largest absolute Gasteiger partial charge is 0.488 e. The summed E-state index contributed by atoms with van der Waals surface area (Å²) < 4.78 is 5.84. The highest BCUT2D eigenvalue weighted by molar-refractivity contribution is 7.15. The van der Waals surface area contributed by atoms with Gasteiger partial charge < -0.3 is 10.5 Å². The molecule has 3 rings (SSSR count). The number of hydrogen-bond donors (Lipinski definition) is 2. The second-order valence-corrected chi connectivity index (χ2v) is 6.92. The summed E-state index contributed by atoms with van der Waals surface area (Å²) >= 11 is 7.31. The summed E-state index contributed by atoms with van der Waals surface area (Å²) in [4.78, 5) is 11.9. The number of nitrogen functional groups attached to an aromatic ring is 1. The van der Waals surface area contributed by atoms with Gasteiger partial charge in [0.15, 0.2) is 0 Å². The van der Waals surface area contributed by atoms with Crippen LogP contribution in [0, 0.1) is 0 Å². The quantitative estimate of drug-likeness (QED) is 0.468. The fourth-order valence-corrected chi connectivity index (χ4v) is 2.98.